The smallest absolute Gasteiger partial charge is 0.416 e. The van der Waals surface area contributed by atoms with Crippen molar-refractivity contribution in [1.29, 1.82) is 0 Å². The fourth-order valence-corrected chi connectivity index (χ4v) is 3.08. The lowest BCUT2D eigenvalue weighted by Gasteiger charge is -2.33. The van der Waals surface area contributed by atoms with Crippen molar-refractivity contribution in [2.24, 2.45) is 0 Å². The van der Waals surface area contributed by atoms with Crippen LogP contribution in [0.5, 0.6) is 0 Å². The van der Waals surface area contributed by atoms with Gasteiger partial charge in [-0.05, 0) is 57.9 Å². The average Bonchev–Trinajstić information content (AvgIpc) is 3.10. The van der Waals surface area contributed by atoms with Crippen molar-refractivity contribution < 1.29 is 22.4 Å². The van der Waals surface area contributed by atoms with Gasteiger partial charge in [0, 0.05) is 24.2 Å². The number of likely N-dealkylation sites (tertiary alicyclic amines) is 1. The molecule has 1 aliphatic rings. The lowest BCUT2D eigenvalue weighted by molar-refractivity contribution is -0.137. The van der Waals surface area contributed by atoms with Crippen molar-refractivity contribution in [3.05, 3.63) is 35.7 Å². The monoisotopic (exact) mass is 396 g/mol. The minimum Gasteiger partial charge on any atom is -0.420 e. The zero-order chi connectivity index (χ0) is 20.5. The second-order valence-electron chi connectivity index (χ2n) is 7.99. The van der Waals surface area contributed by atoms with Crippen molar-refractivity contribution in [1.82, 2.24) is 20.4 Å². The summed E-state index contributed by atoms with van der Waals surface area (Å²) in [4.78, 5) is 14.1. The van der Waals surface area contributed by atoms with Crippen LogP contribution < -0.4 is 5.32 Å². The van der Waals surface area contributed by atoms with Gasteiger partial charge in [-0.3, -0.25) is 0 Å². The Labute approximate surface area is 161 Å². The van der Waals surface area contributed by atoms with Crippen molar-refractivity contribution in [3.8, 4) is 11.5 Å². The number of aromatic nitrogens is 2. The van der Waals surface area contributed by atoms with E-state index in [4.69, 9.17) is 4.42 Å². The molecule has 1 aliphatic heterocycles. The van der Waals surface area contributed by atoms with Crippen LogP contribution >= 0.6 is 0 Å². The number of amides is 2. The molecule has 2 heterocycles. The number of piperidine rings is 1. The van der Waals surface area contributed by atoms with Gasteiger partial charge in [-0.15, -0.1) is 10.2 Å². The summed E-state index contributed by atoms with van der Waals surface area (Å²) in [6.45, 7) is 6.86. The van der Waals surface area contributed by atoms with E-state index in [-0.39, 0.29) is 23.4 Å². The number of nitrogens with one attached hydrogen (secondary N) is 1. The van der Waals surface area contributed by atoms with E-state index in [1.54, 1.807) is 4.90 Å². The number of nitrogens with zero attached hydrogens (tertiary/aromatic N) is 3. The van der Waals surface area contributed by atoms with Crippen LogP contribution in [0, 0.1) is 0 Å². The summed E-state index contributed by atoms with van der Waals surface area (Å²) in [6, 6.07) is 4.45. The molecule has 1 aromatic carbocycles. The first-order chi connectivity index (χ1) is 13.0. The Morgan fingerprint density at radius 3 is 2.46 bits per heavy atom. The quantitative estimate of drug-likeness (QED) is 0.815. The fraction of sp³-hybridized carbons (Fsp3) is 0.526. The molecule has 9 heteroatoms. The van der Waals surface area contributed by atoms with Gasteiger partial charge in [-0.1, -0.05) is 0 Å². The standard InChI is InChI=1S/C19H23F3N4O2/c1-18(2,3)23-17(27)26-10-4-5-13(11-26)16-25-24-15(28-16)12-6-8-14(9-7-12)19(20,21)22/h6-9,13H,4-5,10-11H2,1-3H3,(H,23,27). The number of benzene rings is 1. The molecule has 0 spiro atoms. The van der Waals surface area contributed by atoms with Gasteiger partial charge in [-0.25, -0.2) is 4.79 Å². The highest BCUT2D eigenvalue weighted by Gasteiger charge is 2.31. The highest BCUT2D eigenvalue weighted by molar-refractivity contribution is 5.75. The molecule has 1 fully saturated rings. The van der Waals surface area contributed by atoms with Crippen molar-refractivity contribution in [3.63, 3.8) is 0 Å². The normalized spacial score (nSPS) is 18.2. The van der Waals surface area contributed by atoms with Crippen molar-refractivity contribution in [2.75, 3.05) is 13.1 Å². The van der Waals surface area contributed by atoms with Crippen LogP contribution in [0.1, 0.15) is 51.0 Å². The number of alkyl halides is 3. The number of halogens is 3. The van der Waals surface area contributed by atoms with Gasteiger partial charge in [0.15, 0.2) is 0 Å². The third-order valence-corrected chi connectivity index (χ3v) is 4.44. The van der Waals surface area contributed by atoms with Crippen LogP contribution in [0.25, 0.3) is 11.5 Å². The average molecular weight is 396 g/mol. The van der Waals surface area contributed by atoms with E-state index in [9.17, 15) is 18.0 Å². The second kappa shape index (κ2) is 7.44. The largest absolute Gasteiger partial charge is 0.420 e. The van der Waals surface area contributed by atoms with E-state index in [0.717, 1.165) is 25.0 Å². The molecular formula is C19H23F3N4O2. The summed E-state index contributed by atoms with van der Waals surface area (Å²) in [7, 11) is 0. The Hall–Kier alpha value is -2.58. The summed E-state index contributed by atoms with van der Waals surface area (Å²) < 4.78 is 43.8. The maximum atomic E-state index is 12.7. The topological polar surface area (TPSA) is 71.3 Å². The first-order valence-electron chi connectivity index (χ1n) is 9.11. The van der Waals surface area contributed by atoms with E-state index in [1.165, 1.54) is 12.1 Å². The Morgan fingerprint density at radius 2 is 1.86 bits per heavy atom. The molecule has 0 saturated carbocycles. The van der Waals surface area contributed by atoms with E-state index in [1.807, 2.05) is 20.8 Å². The molecular weight excluding hydrogens is 373 g/mol. The molecule has 28 heavy (non-hydrogen) atoms. The predicted molar refractivity (Wildman–Crippen MR) is 96.6 cm³/mol. The SMILES string of the molecule is CC(C)(C)NC(=O)N1CCCC(c2nnc(-c3ccc(C(F)(F)F)cc3)o2)C1. The molecule has 1 N–H and O–H groups in total. The summed E-state index contributed by atoms with van der Waals surface area (Å²) in [5.41, 5.74) is -0.641. The Kier molecular flexibility index (Phi) is 5.36. The van der Waals surface area contributed by atoms with E-state index in [0.29, 0.717) is 24.5 Å². The zero-order valence-corrected chi connectivity index (χ0v) is 16.0. The summed E-state index contributed by atoms with van der Waals surface area (Å²) in [6.07, 6.45) is -2.79. The van der Waals surface area contributed by atoms with E-state index < -0.39 is 11.7 Å². The number of carbonyl (C=O) groups is 1. The molecule has 3 rings (SSSR count). The number of hydrogen-bond donors (Lipinski definition) is 1. The molecule has 1 atom stereocenters. The molecule has 6 nitrogen and oxygen atoms in total. The van der Waals surface area contributed by atoms with Gasteiger partial charge in [-0.2, -0.15) is 13.2 Å². The summed E-state index contributed by atoms with van der Waals surface area (Å²) in [5, 5.41) is 11.0. The Morgan fingerprint density at radius 1 is 1.18 bits per heavy atom. The number of carbonyl (C=O) groups excluding carboxylic acids is 1. The minimum absolute atomic E-state index is 0.102. The van der Waals surface area contributed by atoms with Gasteiger partial charge in [0.2, 0.25) is 11.8 Å². The van der Waals surface area contributed by atoms with Crippen molar-refractivity contribution >= 4 is 6.03 Å². The highest BCUT2D eigenvalue weighted by atomic mass is 19.4. The fourth-order valence-electron chi connectivity index (χ4n) is 3.08. The Bertz CT molecular complexity index is 825. The van der Waals surface area contributed by atoms with E-state index >= 15 is 0 Å². The lowest BCUT2D eigenvalue weighted by atomic mass is 9.98. The molecule has 152 valence electrons. The van der Waals surface area contributed by atoms with Crippen LogP contribution in [0.15, 0.2) is 28.7 Å². The first-order valence-corrected chi connectivity index (χ1v) is 9.11. The molecule has 0 radical (unpaired) electrons. The molecule has 1 saturated heterocycles. The number of rotatable bonds is 2. The third kappa shape index (κ3) is 4.82. The van der Waals surface area contributed by atoms with Crippen LogP contribution in [-0.4, -0.2) is 39.8 Å². The second-order valence-corrected chi connectivity index (χ2v) is 7.99. The first kappa shape index (κ1) is 20.2. The van der Waals surface area contributed by atoms with Crippen LogP contribution in [0.2, 0.25) is 0 Å². The van der Waals surface area contributed by atoms with Gasteiger partial charge in [0.25, 0.3) is 0 Å². The molecule has 1 aromatic heterocycles. The van der Waals surface area contributed by atoms with Gasteiger partial charge >= 0.3 is 12.2 Å². The minimum atomic E-state index is -4.39. The van der Waals surface area contributed by atoms with Crippen LogP contribution in [0.3, 0.4) is 0 Å². The molecule has 2 amide bonds. The third-order valence-electron chi connectivity index (χ3n) is 4.44. The van der Waals surface area contributed by atoms with Crippen LogP contribution in [-0.2, 0) is 6.18 Å². The highest BCUT2D eigenvalue weighted by Crippen LogP contribution is 2.32. The summed E-state index contributed by atoms with van der Waals surface area (Å²) >= 11 is 0. The van der Waals surface area contributed by atoms with Gasteiger partial charge < -0.3 is 14.6 Å². The van der Waals surface area contributed by atoms with Crippen molar-refractivity contribution in [2.45, 2.75) is 51.2 Å². The molecule has 0 aliphatic carbocycles. The predicted octanol–water partition coefficient (Wildman–Crippen LogP) is 4.44. The van der Waals surface area contributed by atoms with Gasteiger partial charge in [0.1, 0.15) is 0 Å². The summed E-state index contributed by atoms with van der Waals surface area (Å²) in [5.74, 6) is 0.457. The van der Waals surface area contributed by atoms with E-state index in [2.05, 4.69) is 15.5 Å². The zero-order valence-electron chi connectivity index (χ0n) is 16.0. The lowest BCUT2D eigenvalue weighted by Crippen LogP contribution is -2.51. The van der Waals surface area contributed by atoms with Crippen LogP contribution in [0.4, 0.5) is 18.0 Å². The maximum absolute atomic E-state index is 12.7. The molecule has 2 aromatic rings. The molecule has 0 bridgehead atoms. The number of urea groups is 1. The number of hydrogen-bond acceptors (Lipinski definition) is 4. The maximum Gasteiger partial charge on any atom is 0.416 e. The van der Waals surface area contributed by atoms with Gasteiger partial charge in [0.05, 0.1) is 11.5 Å². The Balaban J connectivity index is 1.70. The molecule has 1 unspecified atom stereocenters.